The number of benzene rings is 2. The number of nitrogens with one attached hydrogen (secondary N) is 1. The van der Waals surface area contributed by atoms with E-state index in [4.69, 9.17) is 27.9 Å². The number of nitrogens with zero attached hydrogens (tertiary/aromatic N) is 1. The quantitative estimate of drug-likeness (QED) is 0.652. The van der Waals surface area contributed by atoms with Gasteiger partial charge in [0.2, 0.25) is 0 Å². The Morgan fingerprint density at radius 3 is 2.43 bits per heavy atom. The predicted molar refractivity (Wildman–Crippen MR) is 114 cm³/mol. The van der Waals surface area contributed by atoms with Gasteiger partial charge in [-0.15, -0.1) is 0 Å². The van der Waals surface area contributed by atoms with Crippen LogP contribution in [0.15, 0.2) is 48.5 Å². The van der Waals surface area contributed by atoms with E-state index in [-0.39, 0.29) is 23.8 Å². The van der Waals surface area contributed by atoms with Crippen LogP contribution in [0, 0.1) is 0 Å². The number of ether oxygens (including phenoxy) is 1. The van der Waals surface area contributed by atoms with Gasteiger partial charge in [0.1, 0.15) is 6.10 Å². The lowest BCUT2D eigenvalue weighted by molar-refractivity contribution is -0.0652. The maximum absolute atomic E-state index is 12.4. The average Bonchev–Trinajstić information content (AvgIpc) is 2.62. The number of hydrogen-bond donors (Lipinski definition) is 1. The van der Waals surface area contributed by atoms with E-state index in [9.17, 15) is 4.79 Å². The smallest absolute Gasteiger partial charge is 0.317 e. The molecule has 3 rings (SSSR count). The third-order valence-electron chi connectivity index (χ3n) is 5.15. The van der Waals surface area contributed by atoms with Crippen molar-refractivity contribution in [2.75, 3.05) is 13.1 Å². The molecule has 1 aliphatic heterocycles. The Morgan fingerprint density at radius 2 is 1.82 bits per heavy atom. The van der Waals surface area contributed by atoms with E-state index >= 15 is 0 Å². The number of amides is 2. The molecule has 1 N–H and O–H groups in total. The third kappa shape index (κ3) is 4.99. The van der Waals surface area contributed by atoms with Crippen LogP contribution in [0.1, 0.15) is 44.4 Å². The summed E-state index contributed by atoms with van der Waals surface area (Å²) in [7, 11) is 0. The summed E-state index contributed by atoms with van der Waals surface area (Å²) in [6.45, 7) is 7.21. The summed E-state index contributed by atoms with van der Waals surface area (Å²) in [6.07, 6.45) is 0.512. The number of rotatable bonds is 6. The number of halogens is 2. The maximum Gasteiger partial charge on any atom is 0.317 e. The first-order valence-corrected chi connectivity index (χ1v) is 10.3. The van der Waals surface area contributed by atoms with Crippen molar-refractivity contribution in [1.29, 1.82) is 0 Å². The Labute approximate surface area is 176 Å². The third-order valence-corrected chi connectivity index (χ3v) is 5.75. The number of urea groups is 1. The van der Waals surface area contributed by atoms with E-state index in [1.54, 1.807) is 4.90 Å². The Hall–Kier alpha value is -1.75. The minimum atomic E-state index is -0.312. The minimum absolute atomic E-state index is 0.0486. The highest BCUT2D eigenvalue weighted by Crippen LogP contribution is 2.34. The molecule has 2 amide bonds. The second-order valence-electron chi connectivity index (χ2n) is 7.78. The summed E-state index contributed by atoms with van der Waals surface area (Å²) >= 11 is 12.5. The van der Waals surface area contributed by atoms with E-state index in [1.165, 1.54) is 0 Å². The molecule has 150 valence electrons. The Balaban J connectivity index is 1.69. The van der Waals surface area contributed by atoms with Gasteiger partial charge in [-0.05, 0) is 44.0 Å². The molecule has 1 heterocycles. The molecule has 0 bridgehead atoms. The molecule has 1 unspecified atom stereocenters. The van der Waals surface area contributed by atoms with E-state index in [1.807, 2.05) is 62.4 Å². The van der Waals surface area contributed by atoms with Crippen molar-refractivity contribution in [3.63, 3.8) is 0 Å². The van der Waals surface area contributed by atoms with Crippen LogP contribution < -0.4 is 5.32 Å². The van der Waals surface area contributed by atoms with Gasteiger partial charge in [0.15, 0.2) is 0 Å². The van der Waals surface area contributed by atoms with Crippen LogP contribution in [-0.2, 0) is 4.74 Å². The van der Waals surface area contributed by atoms with Gasteiger partial charge in [-0.25, -0.2) is 4.79 Å². The molecule has 1 atom stereocenters. The first-order chi connectivity index (χ1) is 13.3. The van der Waals surface area contributed by atoms with Crippen molar-refractivity contribution in [1.82, 2.24) is 10.2 Å². The van der Waals surface area contributed by atoms with Crippen LogP contribution in [0.3, 0.4) is 0 Å². The molecule has 2 aromatic rings. The molecule has 0 radical (unpaired) electrons. The number of carbonyl (C=O) groups excluding carboxylic acids is 1. The van der Waals surface area contributed by atoms with Gasteiger partial charge in [0.05, 0.1) is 19.2 Å². The maximum atomic E-state index is 12.4. The summed E-state index contributed by atoms with van der Waals surface area (Å²) in [6, 6.07) is 15.2. The molecule has 0 spiro atoms. The fraction of sp³-hybridized carbons (Fsp3) is 0.409. The molecular weight excluding hydrogens is 395 g/mol. The number of likely N-dealkylation sites (tertiary alicyclic amines) is 1. The Kier molecular flexibility index (Phi) is 6.54. The molecule has 0 aliphatic carbocycles. The zero-order valence-electron chi connectivity index (χ0n) is 16.4. The largest absolute Gasteiger partial charge is 0.362 e. The van der Waals surface area contributed by atoms with Crippen LogP contribution in [0.25, 0.3) is 0 Å². The second kappa shape index (κ2) is 8.73. The molecule has 1 aliphatic rings. The predicted octanol–water partition coefficient (Wildman–Crippen LogP) is 5.68. The highest BCUT2D eigenvalue weighted by Gasteiger charge is 2.35. The van der Waals surface area contributed by atoms with Gasteiger partial charge in [-0.1, -0.05) is 60.5 Å². The summed E-state index contributed by atoms with van der Waals surface area (Å²) in [5.41, 5.74) is 1.67. The van der Waals surface area contributed by atoms with Crippen molar-refractivity contribution in [3.8, 4) is 0 Å². The molecule has 28 heavy (non-hydrogen) atoms. The molecule has 4 nitrogen and oxygen atoms in total. The molecule has 1 saturated heterocycles. The zero-order chi connectivity index (χ0) is 20.3. The Morgan fingerprint density at radius 1 is 1.18 bits per heavy atom. The standard InChI is InChI=1S/C22H26Cl2N2O2/c1-4-22(2,3)25-21(27)26-13-17(14-26)28-20(15-9-11-16(23)12-10-15)18-7-5-6-8-19(18)24/h5-12,17,20H,4,13-14H2,1-3H3,(H,25,27). The highest BCUT2D eigenvalue weighted by atomic mass is 35.5. The molecule has 0 saturated carbocycles. The lowest BCUT2D eigenvalue weighted by atomic mass is 10.00. The van der Waals surface area contributed by atoms with Gasteiger partial charge in [-0.2, -0.15) is 0 Å². The van der Waals surface area contributed by atoms with Gasteiger partial charge < -0.3 is 15.0 Å². The summed E-state index contributed by atoms with van der Waals surface area (Å²) in [5.74, 6) is 0. The van der Waals surface area contributed by atoms with Crippen molar-refractivity contribution >= 4 is 29.2 Å². The van der Waals surface area contributed by atoms with Gasteiger partial charge in [-0.3, -0.25) is 0 Å². The van der Waals surface area contributed by atoms with Crippen LogP contribution in [0.2, 0.25) is 10.0 Å². The number of hydrogen-bond acceptors (Lipinski definition) is 2. The van der Waals surface area contributed by atoms with Crippen molar-refractivity contribution in [3.05, 3.63) is 69.7 Å². The van der Waals surface area contributed by atoms with Crippen molar-refractivity contribution < 1.29 is 9.53 Å². The van der Waals surface area contributed by atoms with Crippen LogP contribution >= 0.6 is 23.2 Å². The van der Waals surface area contributed by atoms with Crippen LogP contribution in [0.5, 0.6) is 0 Å². The van der Waals surface area contributed by atoms with Gasteiger partial charge >= 0.3 is 6.03 Å². The van der Waals surface area contributed by atoms with E-state index in [2.05, 4.69) is 12.2 Å². The first kappa shape index (κ1) is 21.0. The summed E-state index contributed by atoms with van der Waals surface area (Å²) in [5, 5.41) is 4.38. The molecule has 1 fully saturated rings. The number of carbonyl (C=O) groups is 1. The highest BCUT2D eigenvalue weighted by molar-refractivity contribution is 6.31. The topological polar surface area (TPSA) is 41.6 Å². The Bertz CT molecular complexity index is 818. The lowest BCUT2D eigenvalue weighted by Gasteiger charge is -2.42. The average molecular weight is 421 g/mol. The second-order valence-corrected chi connectivity index (χ2v) is 8.63. The molecule has 6 heteroatoms. The van der Waals surface area contributed by atoms with E-state index in [0.717, 1.165) is 17.5 Å². The van der Waals surface area contributed by atoms with E-state index in [0.29, 0.717) is 23.1 Å². The van der Waals surface area contributed by atoms with Crippen LogP contribution in [-0.4, -0.2) is 35.7 Å². The lowest BCUT2D eigenvalue weighted by Crippen LogP contribution is -2.60. The SMILES string of the molecule is CCC(C)(C)NC(=O)N1CC(OC(c2ccc(Cl)cc2)c2ccccc2Cl)C1. The molecular formula is C22H26Cl2N2O2. The van der Waals surface area contributed by atoms with Gasteiger partial charge in [0.25, 0.3) is 0 Å². The fourth-order valence-electron chi connectivity index (χ4n) is 3.00. The fourth-order valence-corrected chi connectivity index (χ4v) is 3.36. The summed E-state index contributed by atoms with van der Waals surface area (Å²) in [4.78, 5) is 14.2. The van der Waals surface area contributed by atoms with Crippen molar-refractivity contribution in [2.45, 2.75) is 44.9 Å². The summed E-state index contributed by atoms with van der Waals surface area (Å²) < 4.78 is 6.37. The molecule has 0 aromatic heterocycles. The minimum Gasteiger partial charge on any atom is -0.362 e. The van der Waals surface area contributed by atoms with Crippen LogP contribution in [0.4, 0.5) is 4.79 Å². The zero-order valence-corrected chi connectivity index (χ0v) is 17.9. The monoisotopic (exact) mass is 420 g/mol. The normalized spacial score (nSPS) is 15.8. The van der Waals surface area contributed by atoms with E-state index < -0.39 is 0 Å². The van der Waals surface area contributed by atoms with Crippen molar-refractivity contribution in [2.24, 2.45) is 0 Å². The first-order valence-electron chi connectivity index (χ1n) is 9.51. The molecule has 2 aromatic carbocycles. The van der Waals surface area contributed by atoms with Gasteiger partial charge in [0, 0.05) is 21.1 Å².